The second-order valence-corrected chi connectivity index (χ2v) is 7.74. The molecule has 2 aromatic heterocycles. The lowest BCUT2D eigenvalue weighted by Crippen LogP contribution is -2.07. The number of imidazole rings is 1. The molecule has 0 radical (unpaired) electrons. The summed E-state index contributed by atoms with van der Waals surface area (Å²) in [6.07, 6.45) is 2.60. The monoisotopic (exact) mass is 395 g/mol. The summed E-state index contributed by atoms with van der Waals surface area (Å²) in [6, 6.07) is 18.7. The van der Waals surface area contributed by atoms with Gasteiger partial charge in [-0.05, 0) is 53.6 Å². The third-order valence-electron chi connectivity index (χ3n) is 5.57. The van der Waals surface area contributed by atoms with Gasteiger partial charge in [0.25, 0.3) is 0 Å². The normalized spacial score (nSPS) is 11.6. The molecule has 5 heteroatoms. The van der Waals surface area contributed by atoms with Crippen molar-refractivity contribution in [2.45, 2.75) is 40.0 Å². The van der Waals surface area contributed by atoms with Gasteiger partial charge in [-0.1, -0.05) is 57.2 Å². The summed E-state index contributed by atoms with van der Waals surface area (Å²) in [5.41, 5.74) is 10.7. The third kappa shape index (κ3) is 3.31. The number of aromatic nitrogens is 2. The van der Waals surface area contributed by atoms with Crippen LogP contribution in [-0.2, 0) is 6.42 Å². The van der Waals surface area contributed by atoms with E-state index >= 15 is 0 Å². The topological polar surface area (TPSA) is 65.5 Å². The molecule has 0 aliphatic rings. The number of anilines is 1. The fourth-order valence-corrected chi connectivity index (χ4v) is 3.87. The molecule has 0 fully saturated rings. The van der Waals surface area contributed by atoms with Gasteiger partial charge in [0.2, 0.25) is 0 Å². The van der Waals surface area contributed by atoms with E-state index in [1.165, 1.54) is 5.56 Å². The van der Waals surface area contributed by atoms with Crippen LogP contribution in [0, 0.1) is 18.3 Å². The standard InChI is InChI=1S/C25H25N5/c1-5-20-17(4)21(14-26)24-28-22-8-6-7-9-23(22)30(24)25(20)29-27-15-18-10-12-19(13-11-18)16(2)3/h6-13,15-16,29H,5H2,1-4H3. The molecule has 0 saturated carbocycles. The first kappa shape index (κ1) is 19.7. The predicted molar refractivity (Wildman–Crippen MR) is 123 cm³/mol. The van der Waals surface area contributed by atoms with Crippen molar-refractivity contribution in [1.82, 2.24) is 9.38 Å². The maximum atomic E-state index is 9.79. The Balaban J connectivity index is 1.82. The first-order valence-electron chi connectivity index (χ1n) is 10.3. The minimum atomic E-state index is 0.505. The van der Waals surface area contributed by atoms with Gasteiger partial charge < -0.3 is 0 Å². The Bertz CT molecular complexity index is 1290. The second-order valence-electron chi connectivity index (χ2n) is 7.74. The van der Waals surface area contributed by atoms with Crippen molar-refractivity contribution >= 4 is 28.7 Å². The Kier molecular flexibility index (Phi) is 5.24. The number of hydrogen-bond acceptors (Lipinski definition) is 4. The van der Waals surface area contributed by atoms with Crippen LogP contribution < -0.4 is 5.43 Å². The molecule has 0 aliphatic carbocycles. The number of nitriles is 1. The van der Waals surface area contributed by atoms with Crippen LogP contribution in [0.15, 0.2) is 53.6 Å². The molecule has 0 saturated heterocycles. The number of para-hydroxylation sites is 2. The summed E-state index contributed by atoms with van der Waals surface area (Å²) in [7, 11) is 0. The molecule has 0 amide bonds. The van der Waals surface area contributed by atoms with E-state index < -0.39 is 0 Å². The molecule has 0 unspecified atom stereocenters. The lowest BCUT2D eigenvalue weighted by atomic mass is 10.0. The smallest absolute Gasteiger partial charge is 0.157 e. The van der Waals surface area contributed by atoms with Crippen molar-refractivity contribution in [2.75, 3.05) is 5.43 Å². The van der Waals surface area contributed by atoms with Gasteiger partial charge in [0.1, 0.15) is 11.9 Å². The summed E-state index contributed by atoms with van der Waals surface area (Å²) < 4.78 is 2.01. The summed E-state index contributed by atoms with van der Waals surface area (Å²) >= 11 is 0. The van der Waals surface area contributed by atoms with Crippen molar-refractivity contribution in [3.8, 4) is 6.07 Å². The first-order chi connectivity index (χ1) is 14.5. The van der Waals surface area contributed by atoms with Gasteiger partial charge in [0.15, 0.2) is 5.65 Å². The van der Waals surface area contributed by atoms with Crippen LogP contribution in [0.3, 0.4) is 0 Å². The van der Waals surface area contributed by atoms with Crippen molar-refractivity contribution in [3.05, 3.63) is 76.3 Å². The summed E-state index contributed by atoms with van der Waals surface area (Å²) in [5.74, 6) is 1.36. The maximum absolute atomic E-state index is 9.79. The van der Waals surface area contributed by atoms with Gasteiger partial charge in [0.05, 0.1) is 22.8 Å². The van der Waals surface area contributed by atoms with Gasteiger partial charge in [-0.3, -0.25) is 9.83 Å². The van der Waals surface area contributed by atoms with Crippen molar-refractivity contribution in [1.29, 1.82) is 5.26 Å². The average Bonchev–Trinajstić information content (AvgIpc) is 3.13. The molecular weight excluding hydrogens is 370 g/mol. The van der Waals surface area contributed by atoms with Gasteiger partial charge in [0, 0.05) is 0 Å². The molecule has 2 heterocycles. The van der Waals surface area contributed by atoms with E-state index in [2.05, 4.69) is 61.6 Å². The van der Waals surface area contributed by atoms with Gasteiger partial charge in [-0.15, -0.1) is 0 Å². The Labute approximate surface area is 176 Å². The number of pyridine rings is 1. The van der Waals surface area contributed by atoms with E-state index in [0.29, 0.717) is 17.1 Å². The highest BCUT2D eigenvalue weighted by molar-refractivity contribution is 5.86. The summed E-state index contributed by atoms with van der Waals surface area (Å²) in [4.78, 5) is 4.72. The lowest BCUT2D eigenvalue weighted by molar-refractivity contribution is 0.866. The fourth-order valence-electron chi connectivity index (χ4n) is 3.87. The Morgan fingerprint density at radius 1 is 1.17 bits per heavy atom. The molecule has 0 aliphatic heterocycles. The van der Waals surface area contributed by atoms with Gasteiger partial charge >= 0.3 is 0 Å². The third-order valence-corrected chi connectivity index (χ3v) is 5.57. The molecule has 1 N–H and O–H groups in total. The van der Waals surface area contributed by atoms with Gasteiger partial charge in [-0.2, -0.15) is 10.4 Å². The zero-order valence-corrected chi connectivity index (χ0v) is 17.8. The fraction of sp³-hybridized carbons (Fsp3) is 0.240. The molecule has 0 atom stereocenters. The number of benzene rings is 2. The lowest BCUT2D eigenvalue weighted by Gasteiger charge is -2.15. The van der Waals surface area contributed by atoms with Crippen LogP contribution in [0.25, 0.3) is 16.7 Å². The van der Waals surface area contributed by atoms with E-state index in [1.807, 2.05) is 41.8 Å². The molecular formula is C25H25N5. The number of hydrogen-bond donors (Lipinski definition) is 1. The SMILES string of the molecule is CCc1c(C)c(C#N)c2nc3ccccc3n2c1NN=Cc1ccc(C(C)C)cc1. The Morgan fingerprint density at radius 3 is 2.57 bits per heavy atom. The van der Waals surface area contributed by atoms with Crippen LogP contribution in [-0.4, -0.2) is 15.6 Å². The number of hydrazone groups is 1. The highest BCUT2D eigenvalue weighted by atomic mass is 15.3. The summed E-state index contributed by atoms with van der Waals surface area (Å²) in [6.45, 7) is 8.44. The highest BCUT2D eigenvalue weighted by Gasteiger charge is 2.19. The van der Waals surface area contributed by atoms with Crippen LogP contribution in [0.4, 0.5) is 5.82 Å². The average molecular weight is 396 g/mol. The molecule has 0 spiro atoms. The maximum Gasteiger partial charge on any atom is 0.157 e. The summed E-state index contributed by atoms with van der Waals surface area (Å²) in [5, 5.41) is 14.3. The van der Waals surface area contributed by atoms with E-state index in [4.69, 9.17) is 4.98 Å². The molecule has 0 bridgehead atoms. The van der Waals surface area contributed by atoms with Gasteiger partial charge in [-0.25, -0.2) is 4.98 Å². The zero-order chi connectivity index (χ0) is 21.3. The minimum absolute atomic E-state index is 0.505. The van der Waals surface area contributed by atoms with Crippen LogP contribution >= 0.6 is 0 Å². The van der Waals surface area contributed by atoms with E-state index in [0.717, 1.165) is 40.0 Å². The zero-order valence-electron chi connectivity index (χ0n) is 17.8. The quantitative estimate of drug-likeness (QED) is 0.343. The van der Waals surface area contributed by atoms with Crippen molar-refractivity contribution in [2.24, 2.45) is 5.10 Å². The van der Waals surface area contributed by atoms with Crippen LogP contribution in [0.1, 0.15) is 54.5 Å². The number of rotatable bonds is 5. The minimum Gasteiger partial charge on any atom is -0.276 e. The van der Waals surface area contributed by atoms with Crippen molar-refractivity contribution in [3.63, 3.8) is 0 Å². The van der Waals surface area contributed by atoms with Crippen molar-refractivity contribution < 1.29 is 0 Å². The number of fused-ring (bicyclic) bond motifs is 3. The molecule has 4 aromatic rings. The van der Waals surface area contributed by atoms with E-state index in [-0.39, 0.29) is 0 Å². The molecule has 150 valence electrons. The molecule has 4 rings (SSSR count). The Hall–Kier alpha value is -3.65. The molecule has 30 heavy (non-hydrogen) atoms. The number of nitrogens with one attached hydrogen (secondary N) is 1. The van der Waals surface area contributed by atoms with E-state index in [1.54, 1.807) is 0 Å². The molecule has 5 nitrogen and oxygen atoms in total. The number of nitrogens with zero attached hydrogens (tertiary/aromatic N) is 4. The Morgan fingerprint density at radius 2 is 1.90 bits per heavy atom. The molecule has 2 aromatic carbocycles. The first-order valence-corrected chi connectivity index (χ1v) is 10.3. The second kappa shape index (κ2) is 8.00. The van der Waals surface area contributed by atoms with Crippen LogP contribution in [0.5, 0.6) is 0 Å². The highest BCUT2D eigenvalue weighted by Crippen LogP contribution is 2.31. The predicted octanol–water partition coefficient (Wildman–Crippen LogP) is 5.80. The van der Waals surface area contributed by atoms with Crippen LogP contribution in [0.2, 0.25) is 0 Å². The largest absolute Gasteiger partial charge is 0.276 e. The van der Waals surface area contributed by atoms with E-state index in [9.17, 15) is 5.26 Å².